The second kappa shape index (κ2) is 14.2. The van der Waals surface area contributed by atoms with Crippen LogP contribution in [0.15, 0.2) is 71.6 Å². The van der Waals surface area contributed by atoms with E-state index in [2.05, 4.69) is 5.32 Å². The Morgan fingerprint density at radius 1 is 0.907 bits per heavy atom. The van der Waals surface area contributed by atoms with Gasteiger partial charge in [0.25, 0.3) is 10.0 Å². The molecule has 0 aliphatic carbocycles. The van der Waals surface area contributed by atoms with Crippen LogP contribution < -0.4 is 9.62 Å². The van der Waals surface area contributed by atoms with E-state index >= 15 is 0 Å². The van der Waals surface area contributed by atoms with Crippen LogP contribution in [0, 0.1) is 5.92 Å². The minimum Gasteiger partial charge on any atom is -0.354 e. The van der Waals surface area contributed by atoms with Gasteiger partial charge in [0, 0.05) is 23.1 Å². The van der Waals surface area contributed by atoms with Gasteiger partial charge in [0.2, 0.25) is 11.8 Å². The molecule has 0 spiro atoms. The van der Waals surface area contributed by atoms with Crippen molar-refractivity contribution >= 4 is 62.3 Å². The van der Waals surface area contributed by atoms with Crippen molar-refractivity contribution in [3.63, 3.8) is 0 Å². The molecule has 1 atom stereocenters. The summed E-state index contributed by atoms with van der Waals surface area (Å²) in [5.41, 5.74) is -1.32. The van der Waals surface area contributed by atoms with Crippen LogP contribution >= 0.6 is 34.8 Å². The molecule has 0 saturated carbocycles. The average Bonchev–Trinajstić information content (AvgIpc) is 2.94. The standard InChI is InChI=1S/C29H29Cl3F3N3O4S/c1-18(2)15-36-28(40)19(3)37(16-20-9-10-21(30)13-26(20)32)27(39)17-38(43(41,42)23-7-5-4-6-8-23)22-11-12-25(31)24(14-22)29(33,34)35/h4-14,18-19H,15-17H2,1-3H3,(H,36,40)/t19-/m0/s1. The molecule has 3 aromatic rings. The van der Waals surface area contributed by atoms with Gasteiger partial charge in [-0.2, -0.15) is 13.2 Å². The number of nitrogens with one attached hydrogen (secondary N) is 1. The molecule has 43 heavy (non-hydrogen) atoms. The Labute approximate surface area is 263 Å². The van der Waals surface area contributed by atoms with Gasteiger partial charge >= 0.3 is 6.18 Å². The third-order valence-electron chi connectivity index (χ3n) is 6.36. The summed E-state index contributed by atoms with van der Waals surface area (Å²) in [5, 5.41) is 2.62. The average molecular weight is 679 g/mol. The van der Waals surface area contributed by atoms with E-state index in [1.165, 1.54) is 43.3 Å². The van der Waals surface area contributed by atoms with E-state index in [1.54, 1.807) is 12.1 Å². The Bertz CT molecular complexity index is 1570. The van der Waals surface area contributed by atoms with Gasteiger partial charge in [-0.25, -0.2) is 8.42 Å². The van der Waals surface area contributed by atoms with Crippen molar-refractivity contribution < 1.29 is 31.2 Å². The van der Waals surface area contributed by atoms with Gasteiger partial charge in [0.1, 0.15) is 12.6 Å². The Morgan fingerprint density at radius 3 is 2.14 bits per heavy atom. The monoisotopic (exact) mass is 677 g/mol. The van der Waals surface area contributed by atoms with E-state index in [-0.39, 0.29) is 22.4 Å². The summed E-state index contributed by atoms with van der Waals surface area (Å²) >= 11 is 18.1. The van der Waals surface area contributed by atoms with Crippen molar-refractivity contribution in [2.75, 3.05) is 17.4 Å². The Balaban J connectivity index is 2.11. The Morgan fingerprint density at radius 2 is 1.56 bits per heavy atom. The predicted octanol–water partition coefficient (Wildman–Crippen LogP) is 7.05. The Kier molecular flexibility index (Phi) is 11.4. The van der Waals surface area contributed by atoms with Crippen molar-refractivity contribution in [1.29, 1.82) is 0 Å². The third kappa shape index (κ3) is 8.78. The molecule has 0 bridgehead atoms. The topological polar surface area (TPSA) is 86.8 Å². The first-order valence-electron chi connectivity index (χ1n) is 13.0. The van der Waals surface area contributed by atoms with Crippen molar-refractivity contribution in [2.24, 2.45) is 5.92 Å². The predicted molar refractivity (Wildman–Crippen MR) is 162 cm³/mol. The van der Waals surface area contributed by atoms with E-state index in [4.69, 9.17) is 34.8 Å². The maximum absolute atomic E-state index is 13.9. The highest BCUT2D eigenvalue weighted by Gasteiger charge is 2.37. The maximum atomic E-state index is 13.9. The number of carbonyl (C=O) groups is 2. The molecular formula is C29H29Cl3F3N3O4S. The zero-order valence-corrected chi connectivity index (χ0v) is 26.4. The fourth-order valence-electron chi connectivity index (χ4n) is 4.00. The second-order valence-corrected chi connectivity index (χ2v) is 13.2. The van der Waals surface area contributed by atoms with Crippen LogP contribution in [-0.4, -0.2) is 44.3 Å². The van der Waals surface area contributed by atoms with Gasteiger partial charge in [-0.3, -0.25) is 13.9 Å². The number of rotatable bonds is 11. The van der Waals surface area contributed by atoms with Gasteiger partial charge in [-0.1, -0.05) is 72.9 Å². The van der Waals surface area contributed by atoms with Crippen LogP contribution in [0.3, 0.4) is 0 Å². The number of hydrogen-bond acceptors (Lipinski definition) is 4. The smallest absolute Gasteiger partial charge is 0.354 e. The summed E-state index contributed by atoms with van der Waals surface area (Å²) in [4.78, 5) is 27.8. The van der Waals surface area contributed by atoms with Crippen LogP contribution in [0.25, 0.3) is 0 Å². The number of hydrogen-bond donors (Lipinski definition) is 1. The lowest BCUT2D eigenvalue weighted by atomic mass is 10.1. The third-order valence-corrected chi connectivity index (χ3v) is 9.07. The molecule has 0 aliphatic rings. The summed E-state index contributed by atoms with van der Waals surface area (Å²) < 4.78 is 69.4. The molecule has 3 rings (SSSR count). The van der Waals surface area contributed by atoms with E-state index in [0.717, 1.165) is 17.0 Å². The number of nitrogens with zero attached hydrogens (tertiary/aromatic N) is 2. The van der Waals surface area contributed by atoms with Gasteiger partial charge < -0.3 is 10.2 Å². The first-order valence-corrected chi connectivity index (χ1v) is 15.6. The van der Waals surface area contributed by atoms with Gasteiger partial charge in [-0.15, -0.1) is 0 Å². The molecule has 232 valence electrons. The fourth-order valence-corrected chi connectivity index (χ4v) is 6.12. The highest BCUT2D eigenvalue weighted by molar-refractivity contribution is 7.92. The first kappa shape index (κ1) is 34.5. The van der Waals surface area contributed by atoms with Crippen molar-refractivity contribution in [3.05, 3.63) is 92.9 Å². The molecule has 0 aromatic heterocycles. The van der Waals surface area contributed by atoms with E-state index in [9.17, 15) is 31.2 Å². The quantitative estimate of drug-likeness (QED) is 0.236. The summed E-state index contributed by atoms with van der Waals surface area (Å²) in [6.07, 6.45) is -4.90. The highest BCUT2D eigenvalue weighted by Crippen LogP contribution is 2.38. The lowest BCUT2D eigenvalue weighted by Gasteiger charge is -2.32. The fraction of sp³-hybridized carbons (Fsp3) is 0.310. The van der Waals surface area contributed by atoms with Gasteiger partial charge in [0.15, 0.2) is 0 Å². The molecule has 3 aromatic carbocycles. The summed E-state index contributed by atoms with van der Waals surface area (Å²) in [7, 11) is -4.58. The van der Waals surface area contributed by atoms with E-state index in [0.29, 0.717) is 27.5 Å². The number of sulfonamides is 1. The summed E-state index contributed by atoms with van der Waals surface area (Å²) in [5.74, 6) is -1.29. The number of halogens is 6. The van der Waals surface area contributed by atoms with Crippen LogP contribution in [0.1, 0.15) is 31.9 Å². The molecule has 7 nitrogen and oxygen atoms in total. The van der Waals surface area contributed by atoms with Crippen molar-refractivity contribution in [3.8, 4) is 0 Å². The largest absolute Gasteiger partial charge is 0.417 e. The molecule has 14 heteroatoms. The van der Waals surface area contributed by atoms with Crippen LogP contribution in [0.5, 0.6) is 0 Å². The number of benzene rings is 3. The van der Waals surface area contributed by atoms with E-state index in [1.807, 2.05) is 13.8 Å². The summed E-state index contributed by atoms with van der Waals surface area (Å²) in [6, 6.07) is 12.9. The lowest BCUT2D eigenvalue weighted by Crippen LogP contribution is -2.51. The van der Waals surface area contributed by atoms with Crippen LogP contribution in [-0.2, 0) is 32.3 Å². The molecular weight excluding hydrogens is 650 g/mol. The molecule has 2 amide bonds. The molecule has 0 radical (unpaired) electrons. The van der Waals surface area contributed by atoms with Crippen molar-refractivity contribution in [1.82, 2.24) is 10.2 Å². The minimum atomic E-state index is -4.90. The Hall–Kier alpha value is -2.99. The number of amides is 2. The zero-order chi connectivity index (χ0) is 32.1. The summed E-state index contributed by atoms with van der Waals surface area (Å²) in [6.45, 7) is 4.37. The zero-order valence-electron chi connectivity index (χ0n) is 23.3. The molecule has 0 heterocycles. The number of alkyl halides is 3. The second-order valence-electron chi connectivity index (χ2n) is 10.1. The normalized spacial score (nSPS) is 12.6. The maximum Gasteiger partial charge on any atom is 0.417 e. The van der Waals surface area contributed by atoms with Crippen LogP contribution in [0.4, 0.5) is 18.9 Å². The SMILES string of the molecule is CC(C)CNC(=O)[C@H](C)N(Cc1ccc(Cl)cc1Cl)C(=O)CN(c1ccc(Cl)c(C(F)(F)F)c1)S(=O)(=O)c1ccccc1. The molecule has 0 aliphatic heterocycles. The first-order chi connectivity index (χ1) is 20.0. The van der Waals surface area contributed by atoms with Gasteiger partial charge in [0.05, 0.1) is 21.2 Å². The van der Waals surface area contributed by atoms with Crippen LogP contribution in [0.2, 0.25) is 15.1 Å². The molecule has 0 fully saturated rings. The molecule has 1 N–H and O–H groups in total. The number of anilines is 1. The van der Waals surface area contributed by atoms with E-state index < -0.39 is 56.9 Å². The highest BCUT2D eigenvalue weighted by atomic mass is 35.5. The lowest BCUT2D eigenvalue weighted by molar-refractivity contribution is -0.139. The van der Waals surface area contributed by atoms with Crippen molar-refractivity contribution in [2.45, 2.75) is 44.4 Å². The number of carbonyl (C=O) groups excluding carboxylic acids is 2. The molecule has 0 unspecified atom stereocenters. The van der Waals surface area contributed by atoms with Gasteiger partial charge in [-0.05, 0) is 60.9 Å². The minimum absolute atomic E-state index is 0.102. The molecule has 0 saturated heterocycles.